The Bertz CT molecular complexity index is 539. The van der Waals surface area contributed by atoms with Gasteiger partial charge in [-0.25, -0.2) is 8.42 Å². The van der Waals surface area contributed by atoms with E-state index in [1.807, 2.05) is 13.8 Å². The highest BCUT2D eigenvalue weighted by Gasteiger charge is 2.45. The lowest BCUT2D eigenvalue weighted by Crippen LogP contribution is -2.63. The number of carboxylic acid groups (broad SMARTS) is 1. The number of amides is 1. The van der Waals surface area contributed by atoms with Crippen molar-refractivity contribution in [3.63, 3.8) is 0 Å². The number of hydrogen-bond donors (Lipinski definition) is 3. The van der Waals surface area contributed by atoms with E-state index >= 15 is 0 Å². The van der Waals surface area contributed by atoms with Crippen LogP contribution in [0.25, 0.3) is 0 Å². The Labute approximate surface area is 136 Å². The lowest BCUT2D eigenvalue weighted by atomic mass is 9.93. The smallest absolute Gasteiger partial charge is 0.303 e. The van der Waals surface area contributed by atoms with Gasteiger partial charge in [0.05, 0.1) is 17.4 Å². The van der Waals surface area contributed by atoms with Crippen molar-refractivity contribution >= 4 is 27.5 Å². The molecule has 0 aliphatic heterocycles. The van der Waals surface area contributed by atoms with Crippen LogP contribution in [-0.4, -0.2) is 47.7 Å². The van der Waals surface area contributed by atoms with E-state index in [0.717, 1.165) is 0 Å². The molecule has 0 fully saturated rings. The summed E-state index contributed by atoms with van der Waals surface area (Å²) in [5.41, 5.74) is 8.43. The summed E-state index contributed by atoms with van der Waals surface area (Å²) in [6.07, 6.45) is 0.966. The van der Waals surface area contributed by atoms with Crippen LogP contribution in [0, 0.1) is 0 Å². The first kappa shape index (κ1) is 21.5. The minimum atomic E-state index is -3.83. The van der Waals surface area contributed by atoms with Gasteiger partial charge < -0.3 is 16.6 Å². The lowest BCUT2D eigenvalue weighted by Gasteiger charge is -2.26. The zero-order valence-corrected chi connectivity index (χ0v) is 14.4. The maximum Gasteiger partial charge on any atom is 0.303 e. The summed E-state index contributed by atoms with van der Waals surface area (Å²) < 4.78 is 25.0. The quantitative estimate of drug-likeness (QED) is 0.417. The van der Waals surface area contributed by atoms with Gasteiger partial charge in [-0.2, -0.15) is 0 Å². The van der Waals surface area contributed by atoms with Gasteiger partial charge in [-0.15, -0.1) is 0 Å². The molecule has 0 aliphatic rings. The van der Waals surface area contributed by atoms with Gasteiger partial charge in [0.25, 0.3) is 0 Å². The highest BCUT2D eigenvalue weighted by atomic mass is 32.2. The summed E-state index contributed by atoms with van der Waals surface area (Å²) in [5.74, 6) is -4.37. The summed E-state index contributed by atoms with van der Waals surface area (Å²) in [4.78, 5) is 34.2. The summed E-state index contributed by atoms with van der Waals surface area (Å²) in [6.45, 7) is 3.67. The molecule has 0 saturated carbocycles. The molecule has 0 aromatic rings. The highest BCUT2D eigenvalue weighted by molar-refractivity contribution is 7.92. The molecule has 5 N–H and O–H groups in total. The van der Waals surface area contributed by atoms with E-state index in [1.54, 1.807) is 0 Å². The zero-order chi connectivity index (χ0) is 18.3. The third kappa shape index (κ3) is 6.26. The van der Waals surface area contributed by atoms with E-state index in [4.69, 9.17) is 16.6 Å². The molecule has 0 radical (unpaired) electrons. The molecular formula is C14H26N2O6S. The fourth-order valence-corrected chi connectivity index (χ4v) is 4.68. The monoisotopic (exact) mass is 350 g/mol. The van der Waals surface area contributed by atoms with Gasteiger partial charge in [0.2, 0.25) is 5.91 Å². The minimum Gasteiger partial charge on any atom is -0.481 e. The van der Waals surface area contributed by atoms with Gasteiger partial charge >= 0.3 is 5.97 Å². The number of sulfone groups is 1. The molecule has 1 unspecified atom stereocenters. The summed E-state index contributed by atoms with van der Waals surface area (Å²) >= 11 is 0. The van der Waals surface area contributed by atoms with Crippen LogP contribution in [0.3, 0.4) is 0 Å². The average Bonchev–Trinajstić information content (AvgIpc) is 2.43. The minimum absolute atomic E-state index is 0.397. The third-order valence-electron chi connectivity index (χ3n) is 3.66. The van der Waals surface area contributed by atoms with Gasteiger partial charge in [-0.05, 0) is 12.8 Å². The molecule has 8 nitrogen and oxygen atoms in total. The molecule has 134 valence electrons. The SMILES string of the molecule is CCCC(CCC)S(=O)(=O)CC(N)(C(N)=O)C(=O)CCC(=O)O. The van der Waals surface area contributed by atoms with Crippen molar-refractivity contribution in [3.05, 3.63) is 0 Å². The van der Waals surface area contributed by atoms with Crippen LogP contribution >= 0.6 is 0 Å². The van der Waals surface area contributed by atoms with Crippen molar-refractivity contribution in [3.8, 4) is 0 Å². The Balaban J connectivity index is 5.42. The molecule has 0 aromatic carbocycles. The van der Waals surface area contributed by atoms with Crippen LogP contribution in [0.5, 0.6) is 0 Å². The van der Waals surface area contributed by atoms with E-state index in [9.17, 15) is 22.8 Å². The molecule has 1 atom stereocenters. The second-order valence-corrected chi connectivity index (χ2v) is 7.94. The van der Waals surface area contributed by atoms with E-state index in [0.29, 0.717) is 25.7 Å². The second-order valence-electron chi connectivity index (χ2n) is 5.66. The average molecular weight is 350 g/mol. The first-order valence-electron chi connectivity index (χ1n) is 7.56. The van der Waals surface area contributed by atoms with Crippen LogP contribution in [-0.2, 0) is 24.2 Å². The van der Waals surface area contributed by atoms with Crippen LogP contribution in [0.1, 0.15) is 52.4 Å². The zero-order valence-electron chi connectivity index (χ0n) is 13.6. The van der Waals surface area contributed by atoms with Crippen LogP contribution in [0.4, 0.5) is 0 Å². The van der Waals surface area contributed by atoms with Crippen molar-refractivity contribution in [1.29, 1.82) is 0 Å². The fraction of sp³-hybridized carbons (Fsp3) is 0.786. The predicted octanol–water partition coefficient (Wildman–Crippen LogP) is -0.0133. The maximum atomic E-state index is 12.5. The third-order valence-corrected chi connectivity index (χ3v) is 6.01. The lowest BCUT2D eigenvalue weighted by molar-refractivity contribution is -0.140. The Morgan fingerprint density at radius 1 is 1.09 bits per heavy atom. The van der Waals surface area contributed by atoms with Gasteiger partial charge in [0.15, 0.2) is 21.2 Å². The molecule has 0 spiro atoms. The normalized spacial score (nSPS) is 14.4. The molecule has 0 heterocycles. The van der Waals surface area contributed by atoms with Gasteiger partial charge in [0.1, 0.15) is 0 Å². The molecule has 1 amide bonds. The Morgan fingerprint density at radius 2 is 1.57 bits per heavy atom. The Morgan fingerprint density at radius 3 is 1.91 bits per heavy atom. The number of carbonyl (C=O) groups is 3. The fourth-order valence-electron chi connectivity index (χ4n) is 2.32. The van der Waals surface area contributed by atoms with Gasteiger partial charge in [0, 0.05) is 6.42 Å². The summed E-state index contributed by atoms with van der Waals surface area (Å²) in [6, 6.07) is 0. The first-order chi connectivity index (χ1) is 10.5. The molecule has 9 heteroatoms. The number of nitrogens with two attached hydrogens (primary N) is 2. The molecule has 0 saturated heterocycles. The number of primary amides is 1. The highest BCUT2D eigenvalue weighted by Crippen LogP contribution is 2.20. The standard InChI is InChI=1S/C14H26N2O6S/c1-3-5-10(6-4-2)23(21,22)9-14(16,13(15)20)11(17)7-8-12(18)19/h10H,3-9,16H2,1-2H3,(H2,15,20)(H,18,19). The van der Waals surface area contributed by atoms with Crippen LogP contribution in [0.15, 0.2) is 0 Å². The number of rotatable bonds is 12. The molecule has 0 aliphatic carbocycles. The predicted molar refractivity (Wildman–Crippen MR) is 85.4 cm³/mol. The van der Waals surface area contributed by atoms with E-state index in [-0.39, 0.29) is 0 Å². The summed E-state index contributed by atoms with van der Waals surface area (Å²) in [5, 5.41) is 7.90. The maximum absolute atomic E-state index is 12.5. The number of hydrogen-bond acceptors (Lipinski definition) is 6. The van der Waals surface area contributed by atoms with Crippen LogP contribution < -0.4 is 11.5 Å². The first-order valence-corrected chi connectivity index (χ1v) is 9.28. The Kier molecular flexibility index (Phi) is 8.39. The number of carbonyl (C=O) groups excluding carboxylic acids is 2. The number of aliphatic carboxylic acids is 1. The second kappa shape index (κ2) is 8.97. The van der Waals surface area contributed by atoms with Crippen molar-refractivity contribution in [2.24, 2.45) is 11.5 Å². The van der Waals surface area contributed by atoms with E-state index in [1.165, 1.54) is 0 Å². The van der Waals surface area contributed by atoms with Gasteiger partial charge in [-0.3, -0.25) is 14.4 Å². The topological polar surface area (TPSA) is 158 Å². The molecule has 23 heavy (non-hydrogen) atoms. The Hall–Kier alpha value is -1.48. The molecular weight excluding hydrogens is 324 g/mol. The number of carboxylic acids is 1. The van der Waals surface area contributed by atoms with E-state index < -0.39 is 56.9 Å². The molecule has 0 bridgehead atoms. The number of ketones is 1. The van der Waals surface area contributed by atoms with Crippen molar-refractivity contribution < 1.29 is 27.9 Å². The van der Waals surface area contributed by atoms with Crippen LogP contribution in [0.2, 0.25) is 0 Å². The van der Waals surface area contributed by atoms with Crippen molar-refractivity contribution in [2.45, 2.75) is 63.2 Å². The molecule has 0 rings (SSSR count). The number of Topliss-reactive ketones (excluding diaryl/α,β-unsaturated/α-hetero) is 1. The largest absolute Gasteiger partial charge is 0.481 e. The molecule has 0 aromatic heterocycles. The van der Waals surface area contributed by atoms with Gasteiger partial charge in [-0.1, -0.05) is 26.7 Å². The van der Waals surface area contributed by atoms with Crippen molar-refractivity contribution in [2.75, 3.05) is 5.75 Å². The van der Waals surface area contributed by atoms with E-state index in [2.05, 4.69) is 0 Å². The summed E-state index contributed by atoms with van der Waals surface area (Å²) in [7, 11) is -3.83. The van der Waals surface area contributed by atoms with Crippen molar-refractivity contribution in [1.82, 2.24) is 0 Å².